The summed E-state index contributed by atoms with van der Waals surface area (Å²) in [6.07, 6.45) is 6.45. The van der Waals surface area contributed by atoms with Gasteiger partial charge in [-0.05, 0) is 61.9 Å². The molecule has 0 spiro atoms. The van der Waals surface area contributed by atoms with E-state index in [1.807, 2.05) is 24.0 Å². The number of amides is 2. The van der Waals surface area contributed by atoms with Gasteiger partial charge in [-0.15, -0.1) is 0 Å². The van der Waals surface area contributed by atoms with Crippen molar-refractivity contribution in [2.75, 3.05) is 18.4 Å². The molecule has 1 aliphatic heterocycles. The van der Waals surface area contributed by atoms with Gasteiger partial charge < -0.3 is 10.2 Å². The van der Waals surface area contributed by atoms with E-state index in [1.54, 1.807) is 18.3 Å². The minimum atomic E-state index is -0.622. The Morgan fingerprint density at radius 3 is 2.50 bits per heavy atom. The molecule has 1 aromatic heterocycles. The van der Waals surface area contributed by atoms with Crippen molar-refractivity contribution in [3.8, 4) is 0 Å². The molecule has 4 rings (SSSR count). The molecule has 0 unspecified atom stereocenters. The first-order chi connectivity index (χ1) is 14.5. The molecular weight excluding hydrogens is 381 g/mol. The van der Waals surface area contributed by atoms with Gasteiger partial charge in [-0.25, -0.2) is 9.37 Å². The maximum atomic E-state index is 13.9. The number of rotatable bonds is 4. The molecule has 0 atom stereocenters. The Kier molecular flexibility index (Phi) is 5.84. The van der Waals surface area contributed by atoms with E-state index < -0.39 is 5.41 Å². The van der Waals surface area contributed by atoms with Crippen molar-refractivity contribution >= 4 is 17.6 Å². The van der Waals surface area contributed by atoms with Crippen LogP contribution >= 0.6 is 0 Å². The van der Waals surface area contributed by atoms with Crippen molar-refractivity contribution in [2.24, 2.45) is 5.92 Å². The zero-order valence-corrected chi connectivity index (χ0v) is 17.4. The predicted octanol–water partition coefficient (Wildman–Crippen LogP) is 4.22. The van der Waals surface area contributed by atoms with Crippen LogP contribution in [0.25, 0.3) is 0 Å². The topological polar surface area (TPSA) is 62.3 Å². The second-order valence-electron chi connectivity index (χ2n) is 8.58. The lowest BCUT2D eigenvalue weighted by molar-refractivity contribution is -0.140. The molecule has 1 saturated carbocycles. The van der Waals surface area contributed by atoms with Gasteiger partial charge >= 0.3 is 0 Å². The lowest BCUT2D eigenvalue weighted by atomic mass is 9.77. The number of carbonyl (C=O) groups is 2. The molecule has 2 fully saturated rings. The van der Waals surface area contributed by atoms with Gasteiger partial charge in [-0.3, -0.25) is 9.59 Å². The summed E-state index contributed by atoms with van der Waals surface area (Å²) in [5.41, 5.74) is 1.21. The van der Waals surface area contributed by atoms with Crippen molar-refractivity contribution in [3.05, 3.63) is 59.5 Å². The second kappa shape index (κ2) is 8.54. The summed E-state index contributed by atoms with van der Waals surface area (Å²) in [5, 5.41) is 2.88. The third-order valence-corrected chi connectivity index (χ3v) is 6.56. The number of hydrogen-bond donors (Lipinski definition) is 1. The molecule has 1 saturated heterocycles. The molecule has 1 aromatic carbocycles. The number of likely N-dealkylation sites (tertiary alicyclic amines) is 1. The summed E-state index contributed by atoms with van der Waals surface area (Å²) in [5.74, 6) is 0.168. The monoisotopic (exact) mass is 409 g/mol. The van der Waals surface area contributed by atoms with Gasteiger partial charge in [0.15, 0.2) is 0 Å². The Hall–Kier alpha value is -2.76. The Balaban J connectivity index is 1.41. The third-order valence-electron chi connectivity index (χ3n) is 6.56. The van der Waals surface area contributed by atoms with Crippen LogP contribution in [-0.4, -0.2) is 34.8 Å². The fourth-order valence-corrected chi connectivity index (χ4v) is 4.81. The first-order valence-corrected chi connectivity index (χ1v) is 10.8. The normalized spacial score (nSPS) is 18.9. The van der Waals surface area contributed by atoms with Crippen LogP contribution in [0.15, 0.2) is 42.6 Å². The molecule has 2 heterocycles. The Bertz CT molecular complexity index is 914. The highest BCUT2D eigenvalue weighted by Gasteiger charge is 2.45. The van der Waals surface area contributed by atoms with Gasteiger partial charge in [0.2, 0.25) is 11.8 Å². The van der Waals surface area contributed by atoms with Gasteiger partial charge in [-0.2, -0.15) is 0 Å². The maximum Gasteiger partial charge on any atom is 0.233 e. The van der Waals surface area contributed by atoms with E-state index in [1.165, 1.54) is 12.1 Å². The first-order valence-electron chi connectivity index (χ1n) is 10.8. The standard InChI is InChI=1S/C24H28FN3O2/c1-17-7-8-21(26-16-17)27-22(29)18-9-13-28(14-10-18)23(30)24(11-2-3-12-24)19-5-4-6-20(25)15-19/h4-8,15-16,18H,2-3,9-14H2,1H3,(H,26,27,29). The number of piperidine rings is 1. The molecule has 158 valence electrons. The molecule has 1 N–H and O–H groups in total. The van der Waals surface area contributed by atoms with E-state index in [9.17, 15) is 14.0 Å². The Morgan fingerprint density at radius 1 is 1.13 bits per heavy atom. The van der Waals surface area contributed by atoms with Crippen LogP contribution in [0.3, 0.4) is 0 Å². The molecule has 2 amide bonds. The number of hydrogen-bond acceptors (Lipinski definition) is 3. The quantitative estimate of drug-likeness (QED) is 0.823. The number of nitrogens with zero attached hydrogens (tertiary/aromatic N) is 2. The van der Waals surface area contributed by atoms with Gasteiger partial charge in [0.25, 0.3) is 0 Å². The highest BCUT2D eigenvalue weighted by atomic mass is 19.1. The third kappa shape index (κ3) is 4.09. The number of aromatic nitrogens is 1. The zero-order valence-electron chi connectivity index (χ0n) is 17.4. The van der Waals surface area contributed by atoms with Crippen LogP contribution in [-0.2, 0) is 15.0 Å². The molecule has 30 heavy (non-hydrogen) atoms. The molecule has 2 aromatic rings. The molecule has 1 aliphatic carbocycles. The minimum absolute atomic E-state index is 0.0424. The summed E-state index contributed by atoms with van der Waals surface area (Å²) in [7, 11) is 0. The predicted molar refractivity (Wildman–Crippen MR) is 113 cm³/mol. The van der Waals surface area contributed by atoms with Crippen molar-refractivity contribution in [3.63, 3.8) is 0 Å². The number of pyridine rings is 1. The fraction of sp³-hybridized carbons (Fsp3) is 0.458. The maximum absolute atomic E-state index is 13.9. The van der Waals surface area contributed by atoms with E-state index in [0.717, 1.165) is 36.8 Å². The largest absolute Gasteiger partial charge is 0.342 e. The van der Waals surface area contributed by atoms with Crippen molar-refractivity contribution in [1.29, 1.82) is 0 Å². The summed E-state index contributed by atoms with van der Waals surface area (Å²) >= 11 is 0. The van der Waals surface area contributed by atoms with Crippen LogP contribution in [0.5, 0.6) is 0 Å². The first kappa shape index (κ1) is 20.5. The lowest BCUT2D eigenvalue weighted by Crippen LogP contribution is -2.49. The Labute approximate surface area is 176 Å². The second-order valence-corrected chi connectivity index (χ2v) is 8.58. The average molecular weight is 410 g/mol. The molecule has 5 nitrogen and oxygen atoms in total. The van der Waals surface area contributed by atoms with Gasteiger partial charge in [-0.1, -0.05) is 31.0 Å². The fourth-order valence-electron chi connectivity index (χ4n) is 4.81. The number of aryl methyl sites for hydroxylation is 1. The minimum Gasteiger partial charge on any atom is -0.342 e. The summed E-state index contributed by atoms with van der Waals surface area (Å²) in [6, 6.07) is 10.2. The van der Waals surface area contributed by atoms with Gasteiger partial charge in [0, 0.05) is 25.2 Å². The van der Waals surface area contributed by atoms with Crippen LogP contribution in [0.1, 0.15) is 49.7 Å². The van der Waals surface area contributed by atoms with Crippen LogP contribution in [0, 0.1) is 18.7 Å². The number of carbonyl (C=O) groups excluding carboxylic acids is 2. The molecule has 0 radical (unpaired) electrons. The highest BCUT2D eigenvalue weighted by Crippen LogP contribution is 2.43. The Morgan fingerprint density at radius 2 is 1.87 bits per heavy atom. The van der Waals surface area contributed by atoms with E-state index in [-0.39, 0.29) is 23.5 Å². The molecule has 6 heteroatoms. The summed E-state index contributed by atoms with van der Waals surface area (Å²) in [6.45, 7) is 3.05. The number of benzene rings is 1. The van der Waals surface area contributed by atoms with E-state index in [0.29, 0.717) is 31.7 Å². The number of halogens is 1. The van der Waals surface area contributed by atoms with Crippen LogP contribution in [0.2, 0.25) is 0 Å². The smallest absolute Gasteiger partial charge is 0.233 e. The van der Waals surface area contributed by atoms with Gasteiger partial charge in [0.05, 0.1) is 5.41 Å². The van der Waals surface area contributed by atoms with E-state index >= 15 is 0 Å². The van der Waals surface area contributed by atoms with Crippen LogP contribution in [0.4, 0.5) is 10.2 Å². The van der Waals surface area contributed by atoms with Crippen molar-refractivity contribution < 1.29 is 14.0 Å². The van der Waals surface area contributed by atoms with Crippen molar-refractivity contribution in [1.82, 2.24) is 9.88 Å². The molecule has 0 bridgehead atoms. The average Bonchev–Trinajstić information content (AvgIpc) is 3.26. The highest BCUT2D eigenvalue weighted by molar-refractivity contribution is 5.92. The van der Waals surface area contributed by atoms with Gasteiger partial charge in [0.1, 0.15) is 11.6 Å². The van der Waals surface area contributed by atoms with Crippen molar-refractivity contribution in [2.45, 2.75) is 50.9 Å². The SMILES string of the molecule is Cc1ccc(NC(=O)C2CCN(C(=O)C3(c4cccc(F)c4)CCCC3)CC2)nc1. The molecule has 2 aliphatic rings. The molecular formula is C24H28FN3O2. The van der Waals surface area contributed by atoms with E-state index in [4.69, 9.17) is 0 Å². The summed E-state index contributed by atoms with van der Waals surface area (Å²) in [4.78, 5) is 32.2. The van der Waals surface area contributed by atoms with Crippen LogP contribution < -0.4 is 5.32 Å². The number of anilines is 1. The zero-order chi connectivity index (χ0) is 21.1. The summed E-state index contributed by atoms with van der Waals surface area (Å²) < 4.78 is 13.9. The van der Waals surface area contributed by atoms with E-state index in [2.05, 4.69) is 10.3 Å². The number of nitrogens with one attached hydrogen (secondary N) is 1. The lowest BCUT2D eigenvalue weighted by Gasteiger charge is -2.38.